The van der Waals surface area contributed by atoms with E-state index in [4.69, 9.17) is 30.6 Å². The van der Waals surface area contributed by atoms with Crippen molar-refractivity contribution in [2.45, 2.75) is 0 Å². The average Bonchev–Trinajstić information content (AvgIpc) is 2.85. The van der Waals surface area contributed by atoms with Crippen LogP contribution in [-0.2, 0) is 0 Å². The number of rotatable bonds is 6. The van der Waals surface area contributed by atoms with Gasteiger partial charge < -0.3 is 30.6 Å². The summed E-state index contributed by atoms with van der Waals surface area (Å²) < 4.78 is 0. The number of carboxylic acids is 6. The Kier molecular flexibility index (Phi) is 15.8. The molecule has 0 aromatic heterocycles. The SMILES string of the molecule is O=C(O)c1cccc(C(=O)O)c1.O=C(O)c1cccc(C(=O)O)c1.O=C(O)c1cccc(C(=O)O)c1.P.P. The van der Waals surface area contributed by atoms with Crippen molar-refractivity contribution in [1.29, 1.82) is 0 Å². The molecule has 0 saturated carbocycles. The molecule has 3 rings (SSSR count). The molecule has 0 saturated heterocycles. The van der Waals surface area contributed by atoms with Gasteiger partial charge in [0.05, 0.1) is 33.4 Å². The summed E-state index contributed by atoms with van der Waals surface area (Å²) in [6.07, 6.45) is 0. The molecule has 0 bridgehead atoms. The summed E-state index contributed by atoms with van der Waals surface area (Å²) in [7, 11) is 0. The molecule has 0 fully saturated rings. The predicted molar refractivity (Wildman–Crippen MR) is 143 cm³/mol. The van der Waals surface area contributed by atoms with Crippen LogP contribution in [0.4, 0.5) is 0 Å². The fraction of sp³-hybridized carbons (Fsp3) is 0. The Morgan fingerprint density at radius 2 is 0.474 bits per heavy atom. The van der Waals surface area contributed by atoms with E-state index in [9.17, 15) is 28.8 Å². The van der Waals surface area contributed by atoms with Gasteiger partial charge in [0, 0.05) is 0 Å². The highest BCUT2D eigenvalue weighted by Gasteiger charge is 2.08. The first kappa shape index (κ1) is 35.5. The Morgan fingerprint density at radius 1 is 0.342 bits per heavy atom. The van der Waals surface area contributed by atoms with Crippen LogP contribution in [-0.4, -0.2) is 66.5 Å². The first-order valence-electron chi connectivity index (χ1n) is 9.53. The predicted octanol–water partition coefficient (Wildman–Crippen LogP) is 3.37. The van der Waals surface area contributed by atoms with Crippen molar-refractivity contribution in [2.75, 3.05) is 0 Å². The van der Waals surface area contributed by atoms with Crippen LogP contribution in [0.3, 0.4) is 0 Å². The molecular formula is C24H24O12P2. The van der Waals surface area contributed by atoms with Crippen LogP contribution in [0.5, 0.6) is 0 Å². The van der Waals surface area contributed by atoms with Crippen LogP contribution >= 0.6 is 19.8 Å². The van der Waals surface area contributed by atoms with E-state index in [-0.39, 0.29) is 53.2 Å². The molecule has 0 spiro atoms. The molecule has 0 amide bonds. The van der Waals surface area contributed by atoms with Gasteiger partial charge in [0.25, 0.3) is 0 Å². The number of hydrogen-bond acceptors (Lipinski definition) is 6. The number of carbonyl (C=O) groups is 6. The summed E-state index contributed by atoms with van der Waals surface area (Å²) in [5.74, 6) is -6.76. The molecule has 0 aliphatic heterocycles. The lowest BCUT2D eigenvalue weighted by Crippen LogP contribution is -2.01. The van der Waals surface area contributed by atoms with Crippen LogP contribution in [0, 0.1) is 0 Å². The summed E-state index contributed by atoms with van der Waals surface area (Å²) in [4.78, 5) is 62.3. The highest BCUT2D eigenvalue weighted by atomic mass is 31.0. The average molecular weight is 566 g/mol. The van der Waals surface area contributed by atoms with Gasteiger partial charge in [-0.2, -0.15) is 19.8 Å². The lowest BCUT2D eigenvalue weighted by Gasteiger charge is -1.95. The van der Waals surface area contributed by atoms with E-state index in [1.54, 1.807) is 0 Å². The quantitative estimate of drug-likeness (QED) is 0.236. The Morgan fingerprint density at radius 3 is 0.579 bits per heavy atom. The molecule has 3 aromatic carbocycles. The van der Waals surface area contributed by atoms with E-state index in [1.807, 2.05) is 0 Å². The molecule has 12 nitrogen and oxygen atoms in total. The van der Waals surface area contributed by atoms with Crippen molar-refractivity contribution >= 4 is 55.6 Å². The minimum Gasteiger partial charge on any atom is -0.478 e. The van der Waals surface area contributed by atoms with E-state index >= 15 is 0 Å². The van der Waals surface area contributed by atoms with E-state index in [0.717, 1.165) is 18.2 Å². The second-order valence-electron chi connectivity index (χ2n) is 6.57. The molecule has 2 atom stereocenters. The van der Waals surface area contributed by atoms with Crippen LogP contribution < -0.4 is 0 Å². The number of benzene rings is 3. The minimum absolute atomic E-state index is 0. The van der Waals surface area contributed by atoms with E-state index < -0.39 is 35.8 Å². The molecule has 0 aliphatic rings. The number of carboxylic acid groups (broad SMARTS) is 6. The third kappa shape index (κ3) is 11.9. The van der Waals surface area contributed by atoms with Gasteiger partial charge in [0.2, 0.25) is 0 Å². The molecule has 6 N–H and O–H groups in total. The van der Waals surface area contributed by atoms with Crippen LogP contribution in [0.1, 0.15) is 62.1 Å². The molecule has 38 heavy (non-hydrogen) atoms. The summed E-state index contributed by atoms with van der Waals surface area (Å²) in [5, 5.41) is 51.0. The van der Waals surface area contributed by atoms with Gasteiger partial charge in [0.15, 0.2) is 0 Å². The minimum atomic E-state index is -1.13. The van der Waals surface area contributed by atoms with Crippen molar-refractivity contribution in [2.24, 2.45) is 0 Å². The first-order chi connectivity index (χ1) is 16.8. The fourth-order valence-corrected chi connectivity index (χ4v) is 2.36. The maximum absolute atomic E-state index is 10.4. The van der Waals surface area contributed by atoms with Crippen LogP contribution in [0.2, 0.25) is 0 Å². The Hall–Kier alpha value is -4.66. The lowest BCUT2D eigenvalue weighted by atomic mass is 10.1. The third-order valence-corrected chi connectivity index (χ3v) is 4.07. The largest absolute Gasteiger partial charge is 0.478 e. The zero-order valence-electron chi connectivity index (χ0n) is 19.5. The Labute approximate surface area is 221 Å². The van der Waals surface area contributed by atoms with Gasteiger partial charge in [-0.15, -0.1) is 0 Å². The molecule has 0 radical (unpaired) electrons. The van der Waals surface area contributed by atoms with Crippen molar-refractivity contribution < 1.29 is 59.4 Å². The fourth-order valence-electron chi connectivity index (χ4n) is 2.36. The monoisotopic (exact) mass is 566 g/mol. The van der Waals surface area contributed by atoms with E-state index in [1.165, 1.54) is 54.6 Å². The second-order valence-corrected chi connectivity index (χ2v) is 6.57. The van der Waals surface area contributed by atoms with Gasteiger partial charge in [-0.1, -0.05) is 18.2 Å². The summed E-state index contributed by atoms with van der Waals surface area (Å²) in [6, 6.07) is 15.6. The third-order valence-electron chi connectivity index (χ3n) is 4.07. The summed E-state index contributed by atoms with van der Waals surface area (Å²) >= 11 is 0. The second kappa shape index (κ2) is 16.9. The summed E-state index contributed by atoms with van der Waals surface area (Å²) in [5.41, 5.74) is -0.112. The Balaban J connectivity index is 0. The van der Waals surface area contributed by atoms with E-state index in [0.29, 0.717) is 0 Å². The number of hydrogen-bond donors (Lipinski definition) is 6. The molecule has 3 aromatic rings. The standard InChI is InChI=1S/3C8H6O4.2H3P/c3*9-7(10)5-2-1-3-6(4-5)8(11)12;;/h3*1-4H,(H,9,10)(H,11,12);2*1H3. The normalized spacial score (nSPS) is 8.84. The van der Waals surface area contributed by atoms with Crippen molar-refractivity contribution in [3.8, 4) is 0 Å². The molecule has 14 heteroatoms. The molecular weight excluding hydrogens is 542 g/mol. The Bertz CT molecular complexity index is 1070. The maximum Gasteiger partial charge on any atom is 0.335 e. The van der Waals surface area contributed by atoms with Gasteiger partial charge in [0.1, 0.15) is 0 Å². The van der Waals surface area contributed by atoms with E-state index in [2.05, 4.69) is 0 Å². The zero-order chi connectivity index (χ0) is 27.4. The zero-order valence-corrected chi connectivity index (χ0v) is 22.3. The van der Waals surface area contributed by atoms with Crippen molar-refractivity contribution in [3.05, 3.63) is 106 Å². The van der Waals surface area contributed by atoms with Crippen molar-refractivity contribution in [1.82, 2.24) is 0 Å². The smallest absolute Gasteiger partial charge is 0.335 e. The molecule has 0 heterocycles. The van der Waals surface area contributed by atoms with Gasteiger partial charge in [-0.05, 0) is 54.6 Å². The summed E-state index contributed by atoms with van der Waals surface area (Å²) in [6.45, 7) is 0. The lowest BCUT2D eigenvalue weighted by molar-refractivity contribution is 0.0676. The maximum atomic E-state index is 10.4. The van der Waals surface area contributed by atoms with Gasteiger partial charge in [-0.25, -0.2) is 28.8 Å². The first-order valence-corrected chi connectivity index (χ1v) is 9.53. The molecule has 2 unspecified atom stereocenters. The van der Waals surface area contributed by atoms with Gasteiger partial charge in [-0.3, -0.25) is 0 Å². The highest BCUT2D eigenvalue weighted by Crippen LogP contribution is 2.06. The highest BCUT2D eigenvalue weighted by molar-refractivity contribution is 6.92. The van der Waals surface area contributed by atoms with Crippen molar-refractivity contribution in [3.63, 3.8) is 0 Å². The molecule has 0 aliphatic carbocycles. The van der Waals surface area contributed by atoms with Crippen LogP contribution in [0.15, 0.2) is 72.8 Å². The number of aromatic carboxylic acids is 6. The van der Waals surface area contributed by atoms with Crippen LogP contribution in [0.25, 0.3) is 0 Å². The molecule has 202 valence electrons. The topological polar surface area (TPSA) is 224 Å². The van der Waals surface area contributed by atoms with Gasteiger partial charge >= 0.3 is 35.8 Å².